The van der Waals surface area contributed by atoms with Gasteiger partial charge in [-0.2, -0.15) is 0 Å². The van der Waals surface area contributed by atoms with Gasteiger partial charge in [0.1, 0.15) is 6.10 Å². The van der Waals surface area contributed by atoms with Gasteiger partial charge in [0, 0.05) is 6.54 Å². The Labute approximate surface area is 97.8 Å². The first-order valence-electron chi connectivity index (χ1n) is 5.69. The van der Waals surface area contributed by atoms with Crippen molar-refractivity contribution in [2.75, 3.05) is 20.2 Å². The minimum Gasteiger partial charge on any atom is -0.493 e. The second-order valence-corrected chi connectivity index (χ2v) is 3.89. The molecule has 3 nitrogen and oxygen atoms in total. The quantitative estimate of drug-likeness (QED) is 0.803. The van der Waals surface area contributed by atoms with Crippen LogP contribution in [-0.4, -0.2) is 26.3 Å². The molecule has 3 heteroatoms. The van der Waals surface area contributed by atoms with Gasteiger partial charge in [-0.1, -0.05) is 13.0 Å². The zero-order valence-electron chi connectivity index (χ0n) is 10.5. The lowest BCUT2D eigenvalue weighted by molar-refractivity contribution is 0.208. The third-order valence-electron chi connectivity index (χ3n) is 2.33. The van der Waals surface area contributed by atoms with Crippen molar-refractivity contribution in [1.29, 1.82) is 0 Å². The molecule has 0 aromatic heterocycles. The van der Waals surface area contributed by atoms with E-state index in [0.717, 1.165) is 24.6 Å². The highest BCUT2D eigenvalue weighted by atomic mass is 16.5. The molecule has 16 heavy (non-hydrogen) atoms. The van der Waals surface area contributed by atoms with Crippen molar-refractivity contribution < 1.29 is 9.47 Å². The fraction of sp³-hybridized carbons (Fsp3) is 0.538. The Hall–Kier alpha value is -1.22. The molecule has 1 aromatic rings. The monoisotopic (exact) mass is 223 g/mol. The molecule has 0 fully saturated rings. The summed E-state index contributed by atoms with van der Waals surface area (Å²) in [6.07, 6.45) is 0.136. The molecule has 90 valence electrons. The van der Waals surface area contributed by atoms with E-state index in [9.17, 15) is 0 Å². The summed E-state index contributed by atoms with van der Waals surface area (Å²) in [5, 5.41) is 3.25. The van der Waals surface area contributed by atoms with E-state index in [4.69, 9.17) is 9.47 Å². The normalized spacial score (nSPS) is 12.2. The number of hydrogen-bond acceptors (Lipinski definition) is 3. The van der Waals surface area contributed by atoms with Crippen LogP contribution in [0.1, 0.15) is 19.4 Å². The van der Waals surface area contributed by atoms with Crippen LogP contribution in [0.2, 0.25) is 0 Å². The maximum atomic E-state index is 5.81. The maximum Gasteiger partial charge on any atom is 0.161 e. The van der Waals surface area contributed by atoms with Crippen molar-refractivity contribution in [3.05, 3.63) is 23.8 Å². The predicted octanol–water partition coefficient (Wildman–Crippen LogP) is 2.38. The first kappa shape index (κ1) is 12.8. The summed E-state index contributed by atoms with van der Waals surface area (Å²) < 4.78 is 11.1. The zero-order valence-corrected chi connectivity index (χ0v) is 10.5. The Kier molecular flexibility index (Phi) is 5.12. The third-order valence-corrected chi connectivity index (χ3v) is 2.33. The number of hydrogen-bond donors (Lipinski definition) is 1. The van der Waals surface area contributed by atoms with Gasteiger partial charge in [0.2, 0.25) is 0 Å². The van der Waals surface area contributed by atoms with Crippen molar-refractivity contribution in [3.63, 3.8) is 0 Å². The second-order valence-electron chi connectivity index (χ2n) is 3.89. The van der Waals surface area contributed by atoms with Gasteiger partial charge in [-0.3, -0.25) is 0 Å². The van der Waals surface area contributed by atoms with Crippen LogP contribution in [0.4, 0.5) is 0 Å². The smallest absolute Gasteiger partial charge is 0.161 e. The molecule has 0 aliphatic carbocycles. The highest BCUT2D eigenvalue weighted by Gasteiger charge is 2.08. The Morgan fingerprint density at radius 3 is 2.69 bits per heavy atom. The van der Waals surface area contributed by atoms with E-state index in [1.807, 2.05) is 32.0 Å². The fourth-order valence-corrected chi connectivity index (χ4v) is 1.48. The highest BCUT2D eigenvalue weighted by molar-refractivity contribution is 5.42. The Balaban J connectivity index is 2.65. The molecule has 0 saturated carbocycles. The average molecular weight is 223 g/mol. The van der Waals surface area contributed by atoms with E-state index in [1.54, 1.807) is 7.11 Å². The van der Waals surface area contributed by atoms with Crippen LogP contribution in [0.15, 0.2) is 18.2 Å². The molecule has 0 aliphatic rings. The van der Waals surface area contributed by atoms with Crippen LogP contribution in [0.3, 0.4) is 0 Å². The minimum atomic E-state index is 0.136. The first-order chi connectivity index (χ1) is 7.67. The SMILES string of the molecule is CCNCC(C)Oc1ccc(C)cc1OC. The van der Waals surface area contributed by atoms with Crippen LogP contribution >= 0.6 is 0 Å². The van der Waals surface area contributed by atoms with Crippen molar-refractivity contribution in [3.8, 4) is 11.5 Å². The van der Waals surface area contributed by atoms with Crippen molar-refractivity contribution in [2.45, 2.75) is 26.9 Å². The topological polar surface area (TPSA) is 30.5 Å². The third kappa shape index (κ3) is 3.74. The Bertz CT molecular complexity index is 326. The lowest BCUT2D eigenvalue weighted by Crippen LogP contribution is -2.28. The number of rotatable bonds is 6. The fourth-order valence-electron chi connectivity index (χ4n) is 1.48. The summed E-state index contributed by atoms with van der Waals surface area (Å²) in [7, 11) is 1.66. The van der Waals surface area contributed by atoms with E-state index in [2.05, 4.69) is 12.2 Å². The lowest BCUT2D eigenvalue weighted by Gasteiger charge is -2.17. The molecular weight excluding hydrogens is 202 g/mol. The number of ether oxygens (including phenoxy) is 2. The molecule has 1 atom stereocenters. The number of likely N-dealkylation sites (N-methyl/N-ethyl adjacent to an activating group) is 1. The van der Waals surface area contributed by atoms with Crippen molar-refractivity contribution in [1.82, 2.24) is 5.32 Å². The molecule has 0 aliphatic heterocycles. The molecule has 1 rings (SSSR count). The number of aryl methyl sites for hydroxylation is 1. The minimum absolute atomic E-state index is 0.136. The van der Waals surface area contributed by atoms with Gasteiger partial charge >= 0.3 is 0 Å². The molecule has 0 radical (unpaired) electrons. The van der Waals surface area contributed by atoms with E-state index >= 15 is 0 Å². The highest BCUT2D eigenvalue weighted by Crippen LogP contribution is 2.28. The molecule has 0 spiro atoms. The van der Waals surface area contributed by atoms with Crippen LogP contribution in [0.25, 0.3) is 0 Å². The van der Waals surface area contributed by atoms with Crippen LogP contribution in [0, 0.1) is 6.92 Å². The summed E-state index contributed by atoms with van der Waals surface area (Å²) in [4.78, 5) is 0. The van der Waals surface area contributed by atoms with Crippen LogP contribution < -0.4 is 14.8 Å². The molecule has 0 bridgehead atoms. The van der Waals surface area contributed by atoms with Gasteiger partial charge in [-0.25, -0.2) is 0 Å². The standard InChI is InChI=1S/C13H21NO2/c1-5-14-9-11(3)16-12-7-6-10(2)8-13(12)15-4/h6-8,11,14H,5,9H2,1-4H3. The van der Waals surface area contributed by atoms with Crippen LogP contribution in [0.5, 0.6) is 11.5 Å². The summed E-state index contributed by atoms with van der Waals surface area (Å²) in [6.45, 7) is 7.96. The summed E-state index contributed by atoms with van der Waals surface area (Å²) in [6, 6.07) is 5.96. The van der Waals surface area contributed by atoms with E-state index in [-0.39, 0.29) is 6.10 Å². The first-order valence-corrected chi connectivity index (χ1v) is 5.69. The van der Waals surface area contributed by atoms with Gasteiger partial charge in [0.15, 0.2) is 11.5 Å². The molecule has 0 saturated heterocycles. The lowest BCUT2D eigenvalue weighted by atomic mass is 10.2. The number of benzene rings is 1. The molecular formula is C13H21NO2. The number of nitrogens with one attached hydrogen (secondary N) is 1. The molecule has 0 heterocycles. The van der Waals surface area contributed by atoms with E-state index in [1.165, 1.54) is 5.56 Å². The Morgan fingerprint density at radius 1 is 1.31 bits per heavy atom. The zero-order chi connectivity index (χ0) is 12.0. The summed E-state index contributed by atoms with van der Waals surface area (Å²) in [5.41, 5.74) is 1.17. The van der Waals surface area contributed by atoms with Gasteiger partial charge in [0.05, 0.1) is 7.11 Å². The van der Waals surface area contributed by atoms with Gasteiger partial charge in [0.25, 0.3) is 0 Å². The molecule has 1 N–H and O–H groups in total. The van der Waals surface area contributed by atoms with E-state index in [0.29, 0.717) is 0 Å². The largest absolute Gasteiger partial charge is 0.493 e. The summed E-state index contributed by atoms with van der Waals surface area (Å²) >= 11 is 0. The van der Waals surface area contributed by atoms with Gasteiger partial charge in [-0.15, -0.1) is 0 Å². The van der Waals surface area contributed by atoms with Crippen molar-refractivity contribution in [2.24, 2.45) is 0 Å². The maximum absolute atomic E-state index is 5.81. The van der Waals surface area contributed by atoms with E-state index < -0.39 is 0 Å². The Morgan fingerprint density at radius 2 is 2.06 bits per heavy atom. The molecule has 1 aromatic carbocycles. The van der Waals surface area contributed by atoms with Gasteiger partial charge < -0.3 is 14.8 Å². The predicted molar refractivity (Wildman–Crippen MR) is 66.4 cm³/mol. The molecule has 1 unspecified atom stereocenters. The summed E-state index contributed by atoms with van der Waals surface area (Å²) in [5.74, 6) is 1.60. The van der Waals surface area contributed by atoms with Crippen LogP contribution in [-0.2, 0) is 0 Å². The molecule has 0 amide bonds. The number of methoxy groups -OCH3 is 1. The average Bonchev–Trinajstić information content (AvgIpc) is 2.28. The van der Waals surface area contributed by atoms with Gasteiger partial charge in [-0.05, 0) is 38.1 Å². The second kappa shape index (κ2) is 6.38. The van der Waals surface area contributed by atoms with Crippen molar-refractivity contribution >= 4 is 0 Å².